The highest BCUT2D eigenvalue weighted by molar-refractivity contribution is 6.30. The van der Waals surface area contributed by atoms with E-state index in [0.717, 1.165) is 30.1 Å². The number of hydrogen-bond acceptors (Lipinski definition) is 3. The number of halogens is 1. The molecule has 0 unspecified atom stereocenters. The van der Waals surface area contributed by atoms with Gasteiger partial charge in [-0.15, -0.1) is 0 Å². The van der Waals surface area contributed by atoms with E-state index in [1.165, 1.54) is 12.0 Å². The van der Waals surface area contributed by atoms with Gasteiger partial charge in [0.1, 0.15) is 0 Å². The van der Waals surface area contributed by atoms with Gasteiger partial charge in [0.25, 0.3) is 0 Å². The zero-order chi connectivity index (χ0) is 15.5. The van der Waals surface area contributed by atoms with E-state index < -0.39 is 0 Å². The molecule has 0 radical (unpaired) electrons. The molecule has 3 rings (SSSR count). The maximum absolute atomic E-state index is 9.92. The van der Waals surface area contributed by atoms with E-state index in [0.29, 0.717) is 11.8 Å². The van der Waals surface area contributed by atoms with Gasteiger partial charge in [0, 0.05) is 17.6 Å². The summed E-state index contributed by atoms with van der Waals surface area (Å²) in [5.41, 5.74) is 2.40. The molecule has 1 aliphatic heterocycles. The zero-order valence-corrected chi connectivity index (χ0v) is 13.4. The van der Waals surface area contributed by atoms with Gasteiger partial charge >= 0.3 is 0 Å². The molecule has 0 bridgehead atoms. The quantitative estimate of drug-likeness (QED) is 0.907. The van der Waals surface area contributed by atoms with Crippen LogP contribution in [0.25, 0.3) is 0 Å². The lowest BCUT2D eigenvalue weighted by molar-refractivity contribution is 0.248. The summed E-state index contributed by atoms with van der Waals surface area (Å²) in [7, 11) is 1.56. The van der Waals surface area contributed by atoms with Crippen LogP contribution in [0.4, 0.5) is 0 Å². The average Bonchev–Trinajstić information content (AvgIpc) is 2.96. The third kappa shape index (κ3) is 3.21. The van der Waals surface area contributed by atoms with Gasteiger partial charge in [-0.25, -0.2) is 0 Å². The Kier molecular flexibility index (Phi) is 4.55. The van der Waals surface area contributed by atoms with Crippen molar-refractivity contribution in [2.75, 3.05) is 13.7 Å². The first-order valence-corrected chi connectivity index (χ1v) is 7.90. The fraction of sp³-hybridized carbons (Fsp3) is 0.333. The van der Waals surface area contributed by atoms with Crippen molar-refractivity contribution in [3.63, 3.8) is 0 Å². The second-order valence-corrected chi connectivity index (χ2v) is 6.12. The predicted molar refractivity (Wildman–Crippen MR) is 88.5 cm³/mol. The van der Waals surface area contributed by atoms with E-state index in [1.54, 1.807) is 13.2 Å². The van der Waals surface area contributed by atoms with Gasteiger partial charge in [-0.1, -0.05) is 29.8 Å². The number of likely N-dealkylation sites (tertiary alicyclic amines) is 1. The summed E-state index contributed by atoms with van der Waals surface area (Å²) in [6.45, 7) is 1.89. The molecule has 2 aromatic carbocycles. The lowest BCUT2D eigenvalue weighted by Crippen LogP contribution is -2.22. The van der Waals surface area contributed by atoms with Crippen molar-refractivity contribution in [1.82, 2.24) is 4.90 Å². The van der Waals surface area contributed by atoms with E-state index in [2.05, 4.69) is 17.0 Å². The summed E-state index contributed by atoms with van der Waals surface area (Å²) < 4.78 is 5.10. The molecule has 0 aliphatic carbocycles. The first-order chi connectivity index (χ1) is 10.7. The number of hydrogen-bond donors (Lipinski definition) is 1. The van der Waals surface area contributed by atoms with Gasteiger partial charge < -0.3 is 9.84 Å². The second-order valence-electron chi connectivity index (χ2n) is 5.69. The Morgan fingerprint density at radius 1 is 1.23 bits per heavy atom. The summed E-state index contributed by atoms with van der Waals surface area (Å²) in [6.07, 6.45) is 2.35. The monoisotopic (exact) mass is 317 g/mol. The minimum atomic E-state index is 0.197. The molecule has 1 fully saturated rings. The maximum Gasteiger partial charge on any atom is 0.160 e. The Hall–Kier alpha value is -1.71. The van der Waals surface area contributed by atoms with Crippen LogP contribution in [-0.4, -0.2) is 23.7 Å². The van der Waals surface area contributed by atoms with E-state index in [1.807, 2.05) is 24.3 Å². The van der Waals surface area contributed by atoms with Crippen LogP contribution < -0.4 is 4.74 Å². The molecule has 116 valence electrons. The Morgan fingerprint density at radius 3 is 2.68 bits per heavy atom. The molecule has 0 amide bonds. The number of phenolic OH excluding ortho intramolecular Hbond substituents is 1. The molecule has 1 heterocycles. The Bertz CT molecular complexity index is 642. The molecular formula is C18H20ClNO2. The van der Waals surface area contributed by atoms with Crippen molar-refractivity contribution in [3.8, 4) is 11.5 Å². The Balaban J connectivity index is 1.76. The molecule has 0 aromatic heterocycles. The summed E-state index contributed by atoms with van der Waals surface area (Å²) >= 11 is 5.98. The molecule has 2 aromatic rings. The number of aromatic hydroxyl groups is 1. The first kappa shape index (κ1) is 15.2. The van der Waals surface area contributed by atoms with Crippen LogP contribution in [0.5, 0.6) is 11.5 Å². The molecule has 22 heavy (non-hydrogen) atoms. The lowest BCUT2D eigenvalue weighted by atomic mass is 10.0. The number of rotatable bonds is 4. The highest BCUT2D eigenvalue weighted by atomic mass is 35.5. The maximum atomic E-state index is 9.92. The molecule has 3 nitrogen and oxygen atoms in total. The molecule has 1 atom stereocenters. The van der Waals surface area contributed by atoms with Crippen LogP contribution in [0.3, 0.4) is 0 Å². The Labute approximate surface area is 136 Å². The van der Waals surface area contributed by atoms with Gasteiger partial charge in [-0.05, 0) is 54.8 Å². The number of ether oxygens (including phenoxy) is 1. The summed E-state index contributed by atoms with van der Waals surface area (Å²) in [4.78, 5) is 2.45. The topological polar surface area (TPSA) is 32.7 Å². The minimum Gasteiger partial charge on any atom is -0.504 e. The number of nitrogens with zero attached hydrogens (tertiary/aromatic N) is 1. The molecule has 4 heteroatoms. The van der Waals surface area contributed by atoms with Crippen LogP contribution in [0, 0.1) is 0 Å². The van der Waals surface area contributed by atoms with Crippen LogP contribution in [0.15, 0.2) is 42.5 Å². The summed E-state index contributed by atoms with van der Waals surface area (Å²) in [5.74, 6) is 0.710. The van der Waals surface area contributed by atoms with Gasteiger partial charge in [0.2, 0.25) is 0 Å². The van der Waals surface area contributed by atoms with Crippen molar-refractivity contribution in [2.24, 2.45) is 0 Å². The van der Waals surface area contributed by atoms with Crippen molar-refractivity contribution >= 4 is 11.6 Å². The summed E-state index contributed by atoms with van der Waals surface area (Å²) in [5, 5.41) is 10.7. The average molecular weight is 318 g/mol. The van der Waals surface area contributed by atoms with Crippen molar-refractivity contribution < 1.29 is 9.84 Å². The summed E-state index contributed by atoms with van der Waals surface area (Å²) in [6, 6.07) is 14.2. The van der Waals surface area contributed by atoms with E-state index in [-0.39, 0.29) is 5.75 Å². The normalized spacial score (nSPS) is 18.5. The third-order valence-corrected chi connectivity index (χ3v) is 4.50. The van der Waals surface area contributed by atoms with Gasteiger partial charge in [-0.3, -0.25) is 4.90 Å². The van der Waals surface area contributed by atoms with Crippen LogP contribution >= 0.6 is 11.6 Å². The zero-order valence-electron chi connectivity index (χ0n) is 12.6. The SMILES string of the molecule is COc1ccc(CN2CCC[C@@H]2c2ccc(Cl)cc2)cc1O. The molecule has 1 aliphatic rings. The second kappa shape index (κ2) is 6.59. The van der Waals surface area contributed by atoms with Gasteiger partial charge in [-0.2, -0.15) is 0 Å². The minimum absolute atomic E-state index is 0.197. The highest BCUT2D eigenvalue weighted by Gasteiger charge is 2.26. The fourth-order valence-corrected chi connectivity index (χ4v) is 3.27. The molecule has 0 saturated carbocycles. The standard InChI is InChI=1S/C18H20ClNO2/c1-22-18-9-4-13(11-17(18)21)12-20-10-2-3-16(20)14-5-7-15(19)8-6-14/h4-9,11,16,21H,2-3,10,12H2,1H3/t16-/m1/s1. The van der Waals surface area contributed by atoms with Crippen molar-refractivity contribution in [2.45, 2.75) is 25.4 Å². The molecule has 1 N–H and O–H groups in total. The molecule has 0 spiro atoms. The van der Waals surface area contributed by atoms with E-state index in [9.17, 15) is 5.11 Å². The number of phenols is 1. The first-order valence-electron chi connectivity index (χ1n) is 7.53. The van der Waals surface area contributed by atoms with Crippen molar-refractivity contribution in [3.05, 3.63) is 58.6 Å². The van der Waals surface area contributed by atoms with Crippen molar-refractivity contribution in [1.29, 1.82) is 0 Å². The highest BCUT2D eigenvalue weighted by Crippen LogP contribution is 2.35. The van der Waals surface area contributed by atoms with Gasteiger partial charge in [0.05, 0.1) is 7.11 Å². The largest absolute Gasteiger partial charge is 0.504 e. The van der Waals surface area contributed by atoms with Gasteiger partial charge in [0.15, 0.2) is 11.5 Å². The number of methoxy groups -OCH3 is 1. The van der Waals surface area contributed by atoms with Crippen LogP contribution in [0.2, 0.25) is 5.02 Å². The van der Waals surface area contributed by atoms with Crippen LogP contribution in [-0.2, 0) is 6.54 Å². The lowest BCUT2D eigenvalue weighted by Gasteiger charge is -2.25. The predicted octanol–water partition coefficient (Wildman–Crippen LogP) is 4.39. The molecule has 1 saturated heterocycles. The number of benzene rings is 2. The smallest absolute Gasteiger partial charge is 0.160 e. The Morgan fingerprint density at radius 2 is 2.00 bits per heavy atom. The third-order valence-electron chi connectivity index (χ3n) is 4.25. The van der Waals surface area contributed by atoms with Crippen LogP contribution in [0.1, 0.15) is 30.0 Å². The van der Waals surface area contributed by atoms with E-state index >= 15 is 0 Å². The fourth-order valence-electron chi connectivity index (χ4n) is 3.15. The van der Waals surface area contributed by atoms with E-state index in [4.69, 9.17) is 16.3 Å². The molecular weight excluding hydrogens is 298 g/mol.